The predicted octanol–water partition coefficient (Wildman–Crippen LogP) is 3.34. The van der Waals surface area contributed by atoms with Gasteiger partial charge in [0.15, 0.2) is 0 Å². The lowest BCUT2D eigenvalue weighted by molar-refractivity contribution is -0.120. The van der Waals surface area contributed by atoms with Gasteiger partial charge in [-0.25, -0.2) is 0 Å². The van der Waals surface area contributed by atoms with Gasteiger partial charge in [-0.15, -0.1) is 0 Å². The maximum atomic E-state index is 12.3. The largest absolute Gasteiger partial charge is 0.497 e. The van der Waals surface area contributed by atoms with Crippen LogP contribution in [0.5, 0.6) is 5.75 Å². The molecule has 0 N–H and O–H groups in total. The number of ether oxygens (including phenoxy) is 1. The van der Waals surface area contributed by atoms with E-state index >= 15 is 0 Å². The second-order valence-electron chi connectivity index (χ2n) is 4.87. The van der Waals surface area contributed by atoms with Crippen molar-refractivity contribution in [2.75, 3.05) is 7.11 Å². The lowest BCUT2D eigenvalue weighted by Crippen LogP contribution is -2.21. The van der Waals surface area contributed by atoms with E-state index in [-0.39, 0.29) is 5.92 Å². The number of rotatable bonds is 2. The van der Waals surface area contributed by atoms with Gasteiger partial charge in [0.1, 0.15) is 11.5 Å². The molecule has 0 aromatic heterocycles. The highest BCUT2D eigenvalue weighted by atomic mass is 16.5. The molecule has 2 heteroatoms. The number of carbonyl (C=O) groups is 1. The van der Waals surface area contributed by atoms with E-state index in [4.69, 9.17) is 4.74 Å². The SMILES string of the molecule is COc1cccc(C2C(=O)CCc3ccccc32)c1. The van der Waals surface area contributed by atoms with E-state index in [1.807, 2.05) is 36.4 Å². The van der Waals surface area contributed by atoms with Crippen molar-refractivity contribution >= 4 is 5.78 Å². The molecule has 0 radical (unpaired) electrons. The van der Waals surface area contributed by atoms with Crippen LogP contribution in [-0.2, 0) is 11.2 Å². The van der Waals surface area contributed by atoms with Crippen LogP contribution < -0.4 is 4.74 Å². The van der Waals surface area contributed by atoms with Crippen LogP contribution in [0, 0.1) is 0 Å². The van der Waals surface area contributed by atoms with Crippen LogP contribution in [0.1, 0.15) is 29.0 Å². The number of methoxy groups -OCH3 is 1. The molecule has 96 valence electrons. The average molecular weight is 252 g/mol. The molecule has 0 spiro atoms. The Kier molecular flexibility index (Phi) is 3.08. The van der Waals surface area contributed by atoms with E-state index in [9.17, 15) is 4.79 Å². The first-order valence-corrected chi connectivity index (χ1v) is 6.54. The van der Waals surface area contributed by atoms with Crippen LogP contribution in [-0.4, -0.2) is 12.9 Å². The Morgan fingerprint density at radius 3 is 2.74 bits per heavy atom. The zero-order valence-electron chi connectivity index (χ0n) is 10.9. The minimum absolute atomic E-state index is 0.139. The van der Waals surface area contributed by atoms with E-state index in [0.717, 1.165) is 23.3 Å². The molecule has 0 saturated heterocycles. The van der Waals surface area contributed by atoms with Crippen LogP contribution in [0.2, 0.25) is 0 Å². The molecule has 0 bridgehead atoms. The Balaban J connectivity index is 2.10. The highest BCUT2D eigenvalue weighted by molar-refractivity contribution is 5.91. The standard InChI is InChI=1S/C17H16O2/c1-19-14-7-4-6-13(11-14)17-15-8-3-2-5-12(15)9-10-16(17)18/h2-8,11,17H,9-10H2,1H3. The molecule has 1 unspecified atom stereocenters. The first-order valence-electron chi connectivity index (χ1n) is 6.54. The first-order chi connectivity index (χ1) is 9.29. The molecule has 1 atom stereocenters. The van der Waals surface area contributed by atoms with Crippen molar-refractivity contribution in [1.29, 1.82) is 0 Å². The highest BCUT2D eigenvalue weighted by Crippen LogP contribution is 2.35. The second-order valence-corrected chi connectivity index (χ2v) is 4.87. The van der Waals surface area contributed by atoms with Crippen molar-refractivity contribution in [2.45, 2.75) is 18.8 Å². The summed E-state index contributed by atoms with van der Waals surface area (Å²) in [6, 6.07) is 16.0. The molecule has 1 aliphatic rings. The second kappa shape index (κ2) is 4.88. The summed E-state index contributed by atoms with van der Waals surface area (Å²) in [5.74, 6) is 0.959. The maximum absolute atomic E-state index is 12.3. The lowest BCUT2D eigenvalue weighted by Gasteiger charge is -2.25. The molecule has 2 aromatic carbocycles. The van der Waals surface area contributed by atoms with Crippen molar-refractivity contribution in [3.8, 4) is 5.75 Å². The summed E-state index contributed by atoms with van der Waals surface area (Å²) in [5, 5.41) is 0. The molecule has 19 heavy (non-hydrogen) atoms. The van der Waals surface area contributed by atoms with Crippen molar-refractivity contribution in [1.82, 2.24) is 0 Å². The van der Waals surface area contributed by atoms with Gasteiger partial charge >= 0.3 is 0 Å². The van der Waals surface area contributed by atoms with E-state index < -0.39 is 0 Å². The van der Waals surface area contributed by atoms with Crippen LogP contribution >= 0.6 is 0 Å². The van der Waals surface area contributed by atoms with Crippen LogP contribution in [0.4, 0.5) is 0 Å². The Morgan fingerprint density at radius 1 is 1.05 bits per heavy atom. The van der Waals surface area contributed by atoms with Gasteiger partial charge in [-0.1, -0.05) is 36.4 Å². The number of hydrogen-bond donors (Lipinski definition) is 0. The van der Waals surface area contributed by atoms with Crippen LogP contribution in [0.3, 0.4) is 0 Å². The van der Waals surface area contributed by atoms with Gasteiger partial charge in [-0.2, -0.15) is 0 Å². The Labute approximate surface area is 113 Å². The van der Waals surface area contributed by atoms with E-state index in [0.29, 0.717) is 12.2 Å². The van der Waals surface area contributed by atoms with Crippen molar-refractivity contribution < 1.29 is 9.53 Å². The molecule has 0 saturated carbocycles. The summed E-state index contributed by atoms with van der Waals surface area (Å²) >= 11 is 0. The topological polar surface area (TPSA) is 26.3 Å². The third-order valence-corrected chi connectivity index (χ3v) is 3.76. The molecular formula is C17H16O2. The number of ketones is 1. The Morgan fingerprint density at radius 2 is 1.89 bits per heavy atom. The van der Waals surface area contributed by atoms with Gasteiger partial charge in [0.05, 0.1) is 13.0 Å². The fraction of sp³-hybridized carbons (Fsp3) is 0.235. The number of carbonyl (C=O) groups excluding carboxylic acids is 1. The molecule has 2 aromatic rings. The summed E-state index contributed by atoms with van der Waals surface area (Å²) in [6.45, 7) is 0. The van der Waals surface area contributed by atoms with Crippen LogP contribution in [0.25, 0.3) is 0 Å². The van der Waals surface area contributed by atoms with Crippen molar-refractivity contribution in [2.24, 2.45) is 0 Å². The normalized spacial score (nSPS) is 17.9. The van der Waals surface area contributed by atoms with Crippen molar-refractivity contribution in [3.05, 3.63) is 65.2 Å². The maximum Gasteiger partial charge on any atom is 0.145 e. The zero-order chi connectivity index (χ0) is 13.2. The van der Waals surface area contributed by atoms with Crippen molar-refractivity contribution in [3.63, 3.8) is 0 Å². The number of aryl methyl sites for hydroxylation is 1. The minimum atomic E-state index is -0.139. The summed E-state index contributed by atoms with van der Waals surface area (Å²) in [5.41, 5.74) is 3.46. The number of benzene rings is 2. The van der Waals surface area contributed by atoms with Gasteiger partial charge in [0, 0.05) is 6.42 Å². The predicted molar refractivity (Wildman–Crippen MR) is 74.6 cm³/mol. The summed E-state index contributed by atoms with van der Waals surface area (Å²) in [7, 11) is 1.65. The van der Waals surface area contributed by atoms with E-state index in [1.54, 1.807) is 7.11 Å². The fourth-order valence-electron chi connectivity index (χ4n) is 2.81. The third kappa shape index (κ3) is 2.14. The Hall–Kier alpha value is -2.09. The molecule has 0 heterocycles. The summed E-state index contributed by atoms with van der Waals surface area (Å²) in [4.78, 5) is 12.3. The Bertz CT molecular complexity index is 616. The molecule has 3 rings (SSSR count). The molecule has 2 nitrogen and oxygen atoms in total. The van der Waals surface area contributed by atoms with Gasteiger partial charge in [-0.3, -0.25) is 4.79 Å². The monoisotopic (exact) mass is 252 g/mol. The molecule has 0 amide bonds. The summed E-state index contributed by atoms with van der Waals surface area (Å²) in [6.07, 6.45) is 1.48. The quantitative estimate of drug-likeness (QED) is 0.819. The van der Waals surface area contributed by atoms with E-state index in [1.165, 1.54) is 5.56 Å². The zero-order valence-corrected chi connectivity index (χ0v) is 10.9. The number of fused-ring (bicyclic) bond motifs is 1. The molecule has 0 aliphatic heterocycles. The third-order valence-electron chi connectivity index (χ3n) is 3.76. The minimum Gasteiger partial charge on any atom is -0.497 e. The number of hydrogen-bond acceptors (Lipinski definition) is 2. The van der Waals surface area contributed by atoms with Crippen LogP contribution in [0.15, 0.2) is 48.5 Å². The highest BCUT2D eigenvalue weighted by Gasteiger charge is 2.28. The first kappa shape index (κ1) is 12.0. The summed E-state index contributed by atoms with van der Waals surface area (Å²) < 4.78 is 5.26. The van der Waals surface area contributed by atoms with Gasteiger partial charge in [0.25, 0.3) is 0 Å². The molecule has 0 fully saturated rings. The molecule has 1 aliphatic carbocycles. The average Bonchev–Trinajstić information content (AvgIpc) is 2.47. The van der Waals surface area contributed by atoms with Gasteiger partial charge in [0.2, 0.25) is 0 Å². The van der Waals surface area contributed by atoms with E-state index in [2.05, 4.69) is 12.1 Å². The van der Waals surface area contributed by atoms with Gasteiger partial charge < -0.3 is 4.74 Å². The lowest BCUT2D eigenvalue weighted by atomic mass is 9.78. The van der Waals surface area contributed by atoms with Gasteiger partial charge in [-0.05, 0) is 35.2 Å². The molecular weight excluding hydrogens is 236 g/mol. The fourth-order valence-corrected chi connectivity index (χ4v) is 2.81. The smallest absolute Gasteiger partial charge is 0.145 e. The number of Topliss-reactive ketones (excluding diaryl/α,β-unsaturated/α-hetero) is 1.